The summed E-state index contributed by atoms with van der Waals surface area (Å²) in [4.78, 5) is 4.19. The van der Waals surface area contributed by atoms with E-state index in [-0.39, 0.29) is 0 Å². The van der Waals surface area contributed by atoms with E-state index < -0.39 is 5.54 Å². The van der Waals surface area contributed by atoms with Crippen LogP contribution in [0.5, 0.6) is 0 Å². The Hall–Kier alpha value is -0.590. The molecule has 5 nitrogen and oxygen atoms in total. The van der Waals surface area contributed by atoms with Crippen LogP contribution in [0.15, 0.2) is 4.52 Å². The van der Waals surface area contributed by atoms with E-state index in [4.69, 9.17) is 15.0 Å². The Kier molecular flexibility index (Phi) is 3.91. The monoisotopic (exact) mass is 217 g/mol. The SMILES string of the molecule is COCC(C)(N)c1noc(CSC)n1. The van der Waals surface area contributed by atoms with Gasteiger partial charge in [-0.15, -0.1) is 0 Å². The topological polar surface area (TPSA) is 74.2 Å². The first-order valence-corrected chi connectivity index (χ1v) is 5.59. The van der Waals surface area contributed by atoms with E-state index in [0.29, 0.717) is 24.1 Å². The van der Waals surface area contributed by atoms with Crippen LogP contribution in [-0.4, -0.2) is 30.1 Å². The Balaban J connectivity index is 2.74. The molecule has 0 bridgehead atoms. The smallest absolute Gasteiger partial charge is 0.236 e. The maximum Gasteiger partial charge on any atom is 0.236 e. The number of nitrogens with zero attached hydrogens (tertiary/aromatic N) is 2. The lowest BCUT2D eigenvalue weighted by atomic mass is 10.1. The normalized spacial score (nSPS) is 15.4. The van der Waals surface area contributed by atoms with Crippen LogP contribution in [0.1, 0.15) is 18.6 Å². The number of aromatic nitrogens is 2. The van der Waals surface area contributed by atoms with Crippen molar-refractivity contribution in [1.82, 2.24) is 10.1 Å². The molecule has 1 unspecified atom stereocenters. The van der Waals surface area contributed by atoms with Crippen molar-refractivity contribution < 1.29 is 9.26 Å². The van der Waals surface area contributed by atoms with Gasteiger partial charge in [-0.3, -0.25) is 0 Å². The summed E-state index contributed by atoms with van der Waals surface area (Å²) in [7, 11) is 1.59. The second-order valence-corrected chi connectivity index (χ2v) is 4.16. The number of thioether (sulfide) groups is 1. The average Bonchev–Trinajstić information content (AvgIpc) is 2.54. The third kappa shape index (κ3) is 2.70. The predicted molar refractivity (Wildman–Crippen MR) is 54.9 cm³/mol. The fraction of sp³-hybridized carbons (Fsp3) is 0.750. The van der Waals surface area contributed by atoms with Gasteiger partial charge in [0.05, 0.1) is 12.4 Å². The Morgan fingerprint density at radius 1 is 1.64 bits per heavy atom. The highest BCUT2D eigenvalue weighted by atomic mass is 32.2. The van der Waals surface area contributed by atoms with Gasteiger partial charge in [0.25, 0.3) is 0 Å². The molecular formula is C8H15N3O2S. The molecule has 80 valence electrons. The van der Waals surface area contributed by atoms with Crippen LogP contribution >= 0.6 is 11.8 Å². The number of ether oxygens (including phenoxy) is 1. The Morgan fingerprint density at radius 3 is 2.93 bits per heavy atom. The third-order valence-corrected chi connectivity index (χ3v) is 2.23. The molecule has 1 aromatic rings. The largest absolute Gasteiger partial charge is 0.382 e. The Labute approximate surface area is 87.4 Å². The summed E-state index contributed by atoms with van der Waals surface area (Å²) < 4.78 is 10.00. The van der Waals surface area contributed by atoms with Gasteiger partial charge in [-0.2, -0.15) is 16.7 Å². The van der Waals surface area contributed by atoms with Crippen LogP contribution < -0.4 is 5.73 Å². The first-order valence-electron chi connectivity index (χ1n) is 4.20. The van der Waals surface area contributed by atoms with Crippen LogP contribution in [0, 0.1) is 0 Å². The fourth-order valence-corrected chi connectivity index (χ4v) is 1.40. The van der Waals surface area contributed by atoms with E-state index in [0.717, 1.165) is 0 Å². The lowest BCUT2D eigenvalue weighted by molar-refractivity contribution is 0.135. The van der Waals surface area contributed by atoms with Crippen LogP contribution in [-0.2, 0) is 16.0 Å². The van der Waals surface area contributed by atoms with E-state index >= 15 is 0 Å². The predicted octanol–water partition coefficient (Wildman–Crippen LogP) is 0.753. The quantitative estimate of drug-likeness (QED) is 0.784. The van der Waals surface area contributed by atoms with Gasteiger partial charge in [-0.05, 0) is 13.2 Å². The summed E-state index contributed by atoms with van der Waals surface area (Å²) in [5, 5.41) is 3.82. The molecule has 0 aliphatic rings. The van der Waals surface area contributed by atoms with E-state index in [9.17, 15) is 0 Å². The van der Waals surface area contributed by atoms with E-state index in [1.54, 1.807) is 18.9 Å². The van der Waals surface area contributed by atoms with Crippen molar-refractivity contribution in [2.45, 2.75) is 18.2 Å². The van der Waals surface area contributed by atoms with E-state index in [1.807, 2.05) is 13.2 Å². The average molecular weight is 217 g/mol. The van der Waals surface area contributed by atoms with Gasteiger partial charge in [0.2, 0.25) is 5.89 Å². The molecule has 0 aromatic carbocycles. The molecular weight excluding hydrogens is 202 g/mol. The van der Waals surface area contributed by atoms with Crippen LogP contribution in [0.2, 0.25) is 0 Å². The molecule has 1 rings (SSSR count). The number of methoxy groups -OCH3 is 1. The summed E-state index contributed by atoms with van der Waals surface area (Å²) >= 11 is 1.62. The molecule has 1 atom stereocenters. The molecule has 6 heteroatoms. The molecule has 0 amide bonds. The molecule has 14 heavy (non-hydrogen) atoms. The minimum atomic E-state index is -0.686. The van der Waals surface area contributed by atoms with Gasteiger partial charge in [-0.1, -0.05) is 5.16 Å². The standard InChI is InChI=1S/C8H15N3O2S/c1-8(9,5-12-2)7-10-6(4-14-3)13-11-7/h4-5,9H2,1-3H3. The number of nitrogens with two attached hydrogens (primary N) is 1. The number of hydrogen-bond acceptors (Lipinski definition) is 6. The molecule has 0 aliphatic carbocycles. The molecule has 1 aromatic heterocycles. The van der Waals surface area contributed by atoms with Crippen LogP contribution in [0.25, 0.3) is 0 Å². The lowest BCUT2D eigenvalue weighted by Crippen LogP contribution is -2.39. The molecule has 0 fully saturated rings. The first kappa shape index (κ1) is 11.5. The highest BCUT2D eigenvalue weighted by molar-refractivity contribution is 7.97. The second kappa shape index (κ2) is 4.77. The van der Waals surface area contributed by atoms with Crippen LogP contribution in [0.3, 0.4) is 0 Å². The number of rotatable bonds is 5. The molecule has 1 heterocycles. The van der Waals surface area contributed by atoms with Crippen molar-refractivity contribution in [3.05, 3.63) is 11.7 Å². The second-order valence-electron chi connectivity index (χ2n) is 3.30. The summed E-state index contributed by atoms with van der Waals surface area (Å²) in [6.07, 6.45) is 1.97. The molecule has 2 N–H and O–H groups in total. The van der Waals surface area contributed by atoms with Gasteiger partial charge in [0.1, 0.15) is 5.54 Å². The zero-order chi connectivity index (χ0) is 10.6. The molecule has 0 saturated heterocycles. The zero-order valence-corrected chi connectivity index (χ0v) is 9.43. The third-order valence-electron chi connectivity index (χ3n) is 1.69. The zero-order valence-electron chi connectivity index (χ0n) is 8.61. The summed E-state index contributed by atoms with van der Waals surface area (Å²) in [5.41, 5.74) is 5.26. The summed E-state index contributed by atoms with van der Waals surface area (Å²) in [6, 6.07) is 0. The number of hydrogen-bond donors (Lipinski definition) is 1. The summed E-state index contributed by atoms with van der Waals surface area (Å²) in [6.45, 7) is 2.18. The highest BCUT2D eigenvalue weighted by Gasteiger charge is 2.27. The minimum Gasteiger partial charge on any atom is -0.382 e. The molecule has 0 aliphatic heterocycles. The van der Waals surface area contributed by atoms with Crippen molar-refractivity contribution >= 4 is 11.8 Å². The molecule has 0 radical (unpaired) electrons. The van der Waals surface area contributed by atoms with E-state index in [1.165, 1.54) is 0 Å². The fourth-order valence-electron chi connectivity index (χ4n) is 1.03. The Morgan fingerprint density at radius 2 is 2.36 bits per heavy atom. The van der Waals surface area contributed by atoms with Crippen LogP contribution in [0.4, 0.5) is 0 Å². The molecule has 0 saturated carbocycles. The highest BCUT2D eigenvalue weighted by Crippen LogP contribution is 2.16. The van der Waals surface area contributed by atoms with Crippen molar-refractivity contribution in [3.63, 3.8) is 0 Å². The first-order chi connectivity index (χ1) is 6.60. The lowest BCUT2D eigenvalue weighted by Gasteiger charge is -2.18. The Bertz CT molecular complexity index is 288. The minimum absolute atomic E-state index is 0.366. The van der Waals surface area contributed by atoms with E-state index in [2.05, 4.69) is 10.1 Å². The van der Waals surface area contributed by atoms with Gasteiger partial charge in [-0.25, -0.2) is 0 Å². The van der Waals surface area contributed by atoms with Crippen molar-refractivity contribution in [2.24, 2.45) is 5.73 Å². The molecule has 0 spiro atoms. The summed E-state index contributed by atoms with van der Waals surface area (Å²) in [5.74, 6) is 1.79. The van der Waals surface area contributed by atoms with Gasteiger partial charge in [0.15, 0.2) is 5.82 Å². The maximum atomic E-state index is 5.94. The van der Waals surface area contributed by atoms with Crippen molar-refractivity contribution in [3.8, 4) is 0 Å². The van der Waals surface area contributed by atoms with Gasteiger partial charge < -0.3 is 15.0 Å². The van der Waals surface area contributed by atoms with Gasteiger partial charge >= 0.3 is 0 Å². The van der Waals surface area contributed by atoms with Crippen molar-refractivity contribution in [1.29, 1.82) is 0 Å². The van der Waals surface area contributed by atoms with Gasteiger partial charge in [0, 0.05) is 7.11 Å². The van der Waals surface area contributed by atoms with Crippen molar-refractivity contribution in [2.75, 3.05) is 20.0 Å². The maximum absolute atomic E-state index is 5.94.